The molecule has 0 aliphatic heterocycles. The van der Waals surface area contributed by atoms with Gasteiger partial charge in [-0.05, 0) is 18.1 Å². The molecule has 2 aromatic rings. The minimum atomic E-state index is -0.223. The number of hydrogen-bond acceptors (Lipinski definition) is 2. The molecule has 2 rings (SSSR count). The average molecular weight is 499 g/mol. The molecule has 1 aromatic carbocycles. The number of rotatable bonds is 15. The maximum absolute atomic E-state index is 12.1. The van der Waals surface area contributed by atoms with Gasteiger partial charge in [0.2, 0.25) is 0 Å². The van der Waals surface area contributed by atoms with E-state index in [1.54, 1.807) is 0 Å². The Morgan fingerprint density at radius 1 is 1.07 bits per heavy atom. The van der Waals surface area contributed by atoms with Gasteiger partial charge in [-0.25, -0.2) is 0 Å². The molecule has 0 saturated heterocycles. The molecule has 168 valence electrons. The summed E-state index contributed by atoms with van der Waals surface area (Å²) in [6, 6.07) is 8.16. The quantitative estimate of drug-likeness (QED) is 0.153. The predicted octanol–water partition coefficient (Wildman–Crippen LogP) is 8.11. The lowest BCUT2D eigenvalue weighted by atomic mass is 9.89. The zero-order valence-electron chi connectivity index (χ0n) is 18.5. The molecule has 0 bridgehead atoms. The lowest BCUT2D eigenvalue weighted by molar-refractivity contribution is -0.141. The molecule has 1 aromatic heterocycles. The number of nitrogens with one attached hydrogen (secondary N) is 1. The number of methoxy groups -OCH3 is 1. The maximum Gasteiger partial charge on any atom is 0.306 e. The van der Waals surface area contributed by atoms with E-state index in [-0.39, 0.29) is 28.5 Å². The summed E-state index contributed by atoms with van der Waals surface area (Å²) in [5.74, 6) is -0.322. The van der Waals surface area contributed by atoms with Crippen LogP contribution in [0, 0.1) is 0 Å². The van der Waals surface area contributed by atoms with Gasteiger partial charge >= 0.3 is 5.97 Å². The molecule has 3 atom stereocenters. The van der Waals surface area contributed by atoms with E-state index in [0.29, 0.717) is 0 Å². The van der Waals surface area contributed by atoms with Crippen LogP contribution in [0.15, 0.2) is 30.5 Å². The lowest BCUT2D eigenvalue weighted by Gasteiger charge is -2.25. The van der Waals surface area contributed by atoms with Crippen molar-refractivity contribution in [1.29, 1.82) is 0 Å². The summed E-state index contributed by atoms with van der Waals surface area (Å²) in [7, 11) is 1.44. The molecule has 3 nitrogen and oxygen atoms in total. The second-order valence-electron chi connectivity index (χ2n) is 8.25. The summed E-state index contributed by atoms with van der Waals surface area (Å²) in [5, 5.41) is 0.942. The number of para-hydroxylation sites is 1. The minimum absolute atomic E-state index is 0.0989. The Bertz CT molecular complexity index is 748. The van der Waals surface area contributed by atoms with Crippen molar-refractivity contribution in [3.8, 4) is 0 Å². The fourth-order valence-electron chi connectivity index (χ4n) is 4.12. The molecule has 1 N–H and O–H groups in total. The predicted molar refractivity (Wildman–Crippen MR) is 132 cm³/mol. The van der Waals surface area contributed by atoms with E-state index in [9.17, 15) is 4.79 Å². The number of halogens is 2. The molecule has 1 heterocycles. The molecule has 0 fully saturated rings. The van der Waals surface area contributed by atoms with Crippen LogP contribution in [0.3, 0.4) is 0 Å². The molecule has 30 heavy (non-hydrogen) atoms. The van der Waals surface area contributed by atoms with Crippen molar-refractivity contribution < 1.29 is 9.53 Å². The molecule has 0 spiro atoms. The van der Waals surface area contributed by atoms with E-state index in [0.717, 1.165) is 29.3 Å². The lowest BCUT2D eigenvalue weighted by Crippen LogP contribution is -2.25. The van der Waals surface area contributed by atoms with Crippen molar-refractivity contribution in [2.45, 2.75) is 93.7 Å². The van der Waals surface area contributed by atoms with Crippen LogP contribution in [0.25, 0.3) is 10.9 Å². The number of aromatic amines is 1. The van der Waals surface area contributed by atoms with Gasteiger partial charge in [-0.3, -0.25) is 4.79 Å². The van der Waals surface area contributed by atoms with Gasteiger partial charge in [0.25, 0.3) is 0 Å². The minimum Gasteiger partial charge on any atom is -0.469 e. The van der Waals surface area contributed by atoms with Crippen molar-refractivity contribution in [3.63, 3.8) is 0 Å². The first-order valence-corrected chi connectivity index (χ1v) is 12.8. The summed E-state index contributed by atoms with van der Waals surface area (Å²) in [5.41, 5.74) is 2.16. The number of ether oxygens (including phenoxy) is 1. The second kappa shape index (κ2) is 14.1. The van der Waals surface area contributed by atoms with Crippen LogP contribution in [-0.2, 0) is 9.53 Å². The first-order valence-electron chi connectivity index (χ1n) is 11.5. The first-order chi connectivity index (χ1) is 14.6. The Labute approximate surface area is 195 Å². The standard InChI is InChI=1S/C25H37BrClNO2/c1-3-4-5-6-7-8-9-10-11-15-22(26)25(27)20(17-24(29)30-2)21-18-28-23-16-13-12-14-19(21)23/h12-14,16,18,20,22,25,28H,3-11,15,17H2,1-2H3. The summed E-state index contributed by atoms with van der Waals surface area (Å²) < 4.78 is 4.96. The summed E-state index contributed by atoms with van der Waals surface area (Å²) in [6.45, 7) is 2.26. The highest BCUT2D eigenvalue weighted by atomic mass is 79.9. The van der Waals surface area contributed by atoms with Crippen molar-refractivity contribution in [2.75, 3.05) is 7.11 Å². The van der Waals surface area contributed by atoms with Crippen LogP contribution in [0.4, 0.5) is 0 Å². The van der Waals surface area contributed by atoms with Crippen molar-refractivity contribution in [3.05, 3.63) is 36.0 Å². The van der Waals surface area contributed by atoms with Gasteiger partial charge in [-0.2, -0.15) is 0 Å². The molecule has 0 amide bonds. The van der Waals surface area contributed by atoms with Crippen LogP contribution < -0.4 is 0 Å². The van der Waals surface area contributed by atoms with Crippen LogP contribution in [0.5, 0.6) is 0 Å². The molecular formula is C25H37BrClNO2. The monoisotopic (exact) mass is 497 g/mol. The van der Waals surface area contributed by atoms with E-state index in [1.165, 1.54) is 58.5 Å². The topological polar surface area (TPSA) is 42.1 Å². The van der Waals surface area contributed by atoms with E-state index in [1.807, 2.05) is 24.4 Å². The molecule has 5 heteroatoms. The van der Waals surface area contributed by atoms with E-state index >= 15 is 0 Å². The Balaban J connectivity index is 1.87. The molecule has 0 radical (unpaired) electrons. The number of benzene rings is 1. The van der Waals surface area contributed by atoms with Gasteiger partial charge in [-0.1, -0.05) is 98.8 Å². The van der Waals surface area contributed by atoms with Gasteiger partial charge in [-0.15, -0.1) is 11.6 Å². The van der Waals surface area contributed by atoms with Crippen molar-refractivity contribution >= 4 is 44.4 Å². The van der Waals surface area contributed by atoms with Crippen molar-refractivity contribution in [1.82, 2.24) is 4.98 Å². The highest BCUT2D eigenvalue weighted by Crippen LogP contribution is 2.37. The summed E-state index contributed by atoms with van der Waals surface area (Å²) in [4.78, 5) is 15.6. The molecular weight excluding hydrogens is 462 g/mol. The van der Waals surface area contributed by atoms with Gasteiger partial charge in [0.05, 0.1) is 18.9 Å². The Morgan fingerprint density at radius 3 is 2.37 bits per heavy atom. The van der Waals surface area contributed by atoms with Gasteiger partial charge in [0, 0.05) is 27.8 Å². The van der Waals surface area contributed by atoms with E-state index < -0.39 is 0 Å². The van der Waals surface area contributed by atoms with Crippen LogP contribution in [-0.4, -0.2) is 28.3 Å². The fraction of sp³-hybridized carbons (Fsp3) is 0.640. The summed E-state index contributed by atoms with van der Waals surface area (Å²) in [6.07, 6.45) is 15.1. The summed E-state index contributed by atoms with van der Waals surface area (Å²) >= 11 is 10.8. The molecule has 0 saturated carbocycles. The molecule has 0 aliphatic rings. The number of alkyl halides is 2. The third kappa shape index (κ3) is 7.92. The number of hydrogen-bond donors (Lipinski definition) is 1. The normalized spacial score (nSPS) is 14.5. The number of unbranched alkanes of at least 4 members (excludes halogenated alkanes) is 8. The number of carbonyl (C=O) groups is 1. The van der Waals surface area contributed by atoms with Crippen LogP contribution in [0.2, 0.25) is 0 Å². The van der Waals surface area contributed by atoms with E-state index in [4.69, 9.17) is 16.3 Å². The zero-order valence-corrected chi connectivity index (χ0v) is 20.8. The van der Waals surface area contributed by atoms with Crippen LogP contribution >= 0.6 is 27.5 Å². The Morgan fingerprint density at radius 2 is 1.70 bits per heavy atom. The van der Waals surface area contributed by atoms with Crippen LogP contribution in [0.1, 0.15) is 89.0 Å². The number of fused-ring (bicyclic) bond motifs is 1. The fourth-order valence-corrected chi connectivity index (χ4v) is 5.16. The average Bonchev–Trinajstić information content (AvgIpc) is 3.19. The highest BCUT2D eigenvalue weighted by Gasteiger charge is 2.31. The van der Waals surface area contributed by atoms with Gasteiger partial charge < -0.3 is 9.72 Å². The Kier molecular flexibility index (Phi) is 11.9. The maximum atomic E-state index is 12.1. The largest absolute Gasteiger partial charge is 0.469 e. The van der Waals surface area contributed by atoms with Gasteiger partial charge in [0.15, 0.2) is 0 Å². The number of aromatic nitrogens is 1. The number of H-pyrrole nitrogens is 1. The highest BCUT2D eigenvalue weighted by molar-refractivity contribution is 9.09. The van der Waals surface area contributed by atoms with Crippen molar-refractivity contribution in [2.24, 2.45) is 0 Å². The molecule has 3 unspecified atom stereocenters. The van der Waals surface area contributed by atoms with E-state index in [2.05, 4.69) is 33.9 Å². The number of carbonyl (C=O) groups excluding carboxylic acids is 1. The third-order valence-corrected chi connectivity index (χ3v) is 7.89. The Hall–Kier alpha value is -1.00. The SMILES string of the molecule is CCCCCCCCCCCC(Br)C(Cl)C(CC(=O)OC)c1c[nH]c2ccccc12. The zero-order chi connectivity index (χ0) is 21.8. The first kappa shape index (κ1) is 25.3. The third-order valence-electron chi connectivity index (χ3n) is 5.95. The van der Waals surface area contributed by atoms with Gasteiger partial charge in [0.1, 0.15) is 0 Å². The number of esters is 1. The smallest absolute Gasteiger partial charge is 0.306 e. The second-order valence-corrected chi connectivity index (χ2v) is 9.93. The molecule has 0 aliphatic carbocycles.